The quantitative estimate of drug-likeness (QED) is 0.533. The maximum atomic E-state index is 13.3. The van der Waals surface area contributed by atoms with E-state index in [1.165, 1.54) is 6.92 Å². The highest BCUT2D eigenvalue weighted by molar-refractivity contribution is 5.47. The highest BCUT2D eigenvalue weighted by atomic mass is 19.2. The SMILES string of the molecule is Cc1nnc(CNc2c(F)c(F)c(F)c(F)c2F)o1. The highest BCUT2D eigenvalue weighted by Crippen LogP contribution is 2.27. The molecule has 0 saturated carbocycles. The van der Waals surface area contributed by atoms with E-state index in [1.807, 2.05) is 5.32 Å². The molecule has 0 spiro atoms. The Labute approximate surface area is 103 Å². The fraction of sp³-hybridized carbons (Fsp3) is 0.200. The van der Waals surface area contributed by atoms with Crippen LogP contribution in [0.1, 0.15) is 11.8 Å². The van der Waals surface area contributed by atoms with Gasteiger partial charge in [0.05, 0.1) is 6.54 Å². The highest BCUT2D eigenvalue weighted by Gasteiger charge is 2.25. The van der Waals surface area contributed by atoms with Crippen molar-refractivity contribution in [2.45, 2.75) is 13.5 Å². The smallest absolute Gasteiger partial charge is 0.235 e. The number of anilines is 1. The first-order valence-corrected chi connectivity index (χ1v) is 4.96. The summed E-state index contributed by atoms with van der Waals surface area (Å²) in [4.78, 5) is 0. The lowest BCUT2D eigenvalue weighted by Crippen LogP contribution is -2.10. The predicted octanol–water partition coefficient (Wildman–Crippen LogP) is 2.69. The van der Waals surface area contributed by atoms with Gasteiger partial charge in [-0.25, -0.2) is 22.0 Å². The second-order valence-electron chi connectivity index (χ2n) is 3.51. The van der Waals surface area contributed by atoms with Gasteiger partial charge < -0.3 is 9.73 Å². The van der Waals surface area contributed by atoms with Crippen molar-refractivity contribution in [2.75, 3.05) is 5.32 Å². The molecule has 4 nitrogen and oxygen atoms in total. The number of aromatic nitrogens is 2. The maximum Gasteiger partial charge on any atom is 0.235 e. The summed E-state index contributed by atoms with van der Waals surface area (Å²) in [5, 5.41) is 8.96. The van der Waals surface area contributed by atoms with Gasteiger partial charge >= 0.3 is 0 Å². The molecule has 9 heteroatoms. The van der Waals surface area contributed by atoms with Gasteiger partial charge in [0.15, 0.2) is 23.3 Å². The molecule has 0 amide bonds. The van der Waals surface area contributed by atoms with Crippen LogP contribution in [0.4, 0.5) is 27.6 Å². The van der Waals surface area contributed by atoms with Crippen molar-refractivity contribution in [1.29, 1.82) is 0 Å². The molecule has 1 aromatic heterocycles. The third-order valence-corrected chi connectivity index (χ3v) is 2.19. The summed E-state index contributed by atoms with van der Waals surface area (Å²) in [5.74, 6) is -10.0. The minimum absolute atomic E-state index is 0.0542. The van der Waals surface area contributed by atoms with Crippen LogP contribution >= 0.6 is 0 Å². The molecule has 0 aliphatic rings. The number of benzene rings is 1. The average Bonchev–Trinajstić information content (AvgIpc) is 2.80. The first kappa shape index (κ1) is 13.2. The molecule has 2 rings (SSSR count). The minimum Gasteiger partial charge on any atom is -0.424 e. The number of halogens is 5. The van der Waals surface area contributed by atoms with E-state index >= 15 is 0 Å². The van der Waals surface area contributed by atoms with Crippen LogP contribution in [0.15, 0.2) is 4.42 Å². The molecule has 0 aliphatic carbocycles. The summed E-state index contributed by atoms with van der Waals surface area (Å²) < 4.78 is 69.9. The lowest BCUT2D eigenvalue weighted by Gasteiger charge is -2.08. The van der Waals surface area contributed by atoms with E-state index in [-0.39, 0.29) is 18.3 Å². The Bertz CT molecular complexity index is 599. The average molecular weight is 279 g/mol. The molecule has 1 heterocycles. The van der Waals surface area contributed by atoms with E-state index in [4.69, 9.17) is 4.42 Å². The zero-order valence-corrected chi connectivity index (χ0v) is 9.40. The van der Waals surface area contributed by atoms with Crippen molar-refractivity contribution < 1.29 is 26.4 Å². The first-order chi connectivity index (χ1) is 8.91. The van der Waals surface area contributed by atoms with Gasteiger partial charge in [0.1, 0.15) is 5.69 Å². The van der Waals surface area contributed by atoms with E-state index in [0.29, 0.717) is 0 Å². The largest absolute Gasteiger partial charge is 0.424 e. The van der Waals surface area contributed by atoms with Crippen LogP contribution in [-0.2, 0) is 6.54 Å². The van der Waals surface area contributed by atoms with Crippen molar-refractivity contribution >= 4 is 5.69 Å². The van der Waals surface area contributed by atoms with Gasteiger partial charge in [0.25, 0.3) is 0 Å². The number of rotatable bonds is 3. The van der Waals surface area contributed by atoms with Crippen molar-refractivity contribution in [3.8, 4) is 0 Å². The standard InChI is InChI=1S/C10H6F5N3O/c1-3-17-18-4(19-3)2-16-10-8(14)6(12)5(11)7(13)9(10)15/h16H,2H2,1H3. The summed E-state index contributed by atoms with van der Waals surface area (Å²) in [5.41, 5.74) is -1.15. The molecule has 0 aliphatic heterocycles. The lowest BCUT2D eigenvalue weighted by atomic mass is 10.2. The van der Waals surface area contributed by atoms with E-state index in [9.17, 15) is 22.0 Å². The Hall–Kier alpha value is -2.19. The van der Waals surface area contributed by atoms with E-state index in [0.717, 1.165) is 0 Å². The van der Waals surface area contributed by atoms with Gasteiger partial charge in [0.2, 0.25) is 17.6 Å². The fourth-order valence-corrected chi connectivity index (χ4v) is 1.33. The molecule has 0 bridgehead atoms. The zero-order chi connectivity index (χ0) is 14.2. The number of hydrogen-bond donors (Lipinski definition) is 1. The summed E-state index contributed by atoms with van der Waals surface area (Å²) in [6.45, 7) is 1.11. The summed E-state index contributed by atoms with van der Waals surface area (Å²) in [6, 6.07) is 0. The van der Waals surface area contributed by atoms with Crippen molar-refractivity contribution in [3.63, 3.8) is 0 Å². The monoisotopic (exact) mass is 279 g/mol. The van der Waals surface area contributed by atoms with Gasteiger partial charge in [-0.3, -0.25) is 0 Å². The molecule has 1 aromatic carbocycles. The number of nitrogens with one attached hydrogen (secondary N) is 1. The third kappa shape index (κ3) is 2.35. The summed E-state index contributed by atoms with van der Waals surface area (Å²) in [6.07, 6.45) is 0. The van der Waals surface area contributed by atoms with Gasteiger partial charge in [0, 0.05) is 6.92 Å². The van der Waals surface area contributed by atoms with Gasteiger partial charge in [-0.05, 0) is 0 Å². The molecule has 0 unspecified atom stereocenters. The number of aryl methyl sites for hydroxylation is 1. The molecule has 1 N–H and O–H groups in total. The number of hydrogen-bond acceptors (Lipinski definition) is 4. The molecule has 2 aromatic rings. The minimum atomic E-state index is -2.21. The zero-order valence-electron chi connectivity index (χ0n) is 9.40. The summed E-state index contributed by atoms with van der Waals surface area (Å²) >= 11 is 0. The molecular weight excluding hydrogens is 273 g/mol. The molecule has 0 saturated heterocycles. The predicted molar refractivity (Wildman–Crippen MR) is 52.6 cm³/mol. The van der Waals surface area contributed by atoms with Crippen molar-refractivity contribution in [1.82, 2.24) is 10.2 Å². The van der Waals surface area contributed by atoms with Crippen molar-refractivity contribution in [2.24, 2.45) is 0 Å². The second kappa shape index (κ2) is 4.82. The Kier molecular flexibility index (Phi) is 3.36. The van der Waals surface area contributed by atoms with Crippen LogP contribution in [0, 0.1) is 36.0 Å². The van der Waals surface area contributed by atoms with E-state index in [1.54, 1.807) is 0 Å². The molecule has 102 valence electrons. The van der Waals surface area contributed by atoms with Crippen molar-refractivity contribution in [3.05, 3.63) is 40.9 Å². The lowest BCUT2D eigenvalue weighted by molar-refractivity contribution is 0.381. The molecule has 0 radical (unpaired) electrons. The third-order valence-electron chi connectivity index (χ3n) is 2.19. The van der Waals surface area contributed by atoms with Gasteiger partial charge in [-0.1, -0.05) is 0 Å². The van der Waals surface area contributed by atoms with Gasteiger partial charge in [-0.2, -0.15) is 0 Å². The van der Waals surface area contributed by atoms with Crippen LogP contribution in [0.25, 0.3) is 0 Å². The second-order valence-corrected chi connectivity index (χ2v) is 3.51. The van der Waals surface area contributed by atoms with Crippen LogP contribution in [0.2, 0.25) is 0 Å². The Morgan fingerprint density at radius 3 is 1.89 bits per heavy atom. The maximum absolute atomic E-state index is 13.3. The normalized spacial score (nSPS) is 10.8. The number of nitrogens with zero attached hydrogens (tertiary/aromatic N) is 2. The van der Waals surface area contributed by atoms with Crippen LogP contribution in [-0.4, -0.2) is 10.2 Å². The molecule has 0 atom stereocenters. The molecular formula is C10H6F5N3O. The molecule has 0 fully saturated rings. The van der Waals surface area contributed by atoms with Gasteiger partial charge in [-0.15, -0.1) is 10.2 Å². The summed E-state index contributed by atoms with van der Waals surface area (Å²) in [7, 11) is 0. The Morgan fingerprint density at radius 1 is 0.895 bits per heavy atom. The Balaban J connectivity index is 2.30. The first-order valence-electron chi connectivity index (χ1n) is 4.96. The van der Waals surface area contributed by atoms with Crippen LogP contribution < -0.4 is 5.32 Å². The fourth-order valence-electron chi connectivity index (χ4n) is 1.33. The Morgan fingerprint density at radius 2 is 1.42 bits per heavy atom. The van der Waals surface area contributed by atoms with Crippen LogP contribution in [0.3, 0.4) is 0 Å². The van der Waals surface area contributed by atoms with E-state index < -0.39 is 34.8 Å². The molecule has 19 heavy (non-hydrogen) atoms. The topological polar surface area (TPSA) is 51.0 Å². The van der Waals surface area contributed by atoms with Crippen LogP contribution in [0.5, 0.6) is 0 Å². The van der Waals surface area contributed by atoms with E-state index in [2.05, 4.69) is 10.2 Å².